The molecular weight excluding hydrogens is 232 g/mol. The van der Waals surface area contributed by atoms with Crippen LogP contribution in [0.1, 0.15) is 0 Å². The van der Waals surface area contributed by atoms with Crippen LogP contribution >= 0.6 is 15.9 Å². The quantitative estimate of drug-likeness (QED) is 0.803. The molecule has 0 amide bonds. The predicted molar refractivity (Wildman–Crippen MR) is 53.4 cm³/mol. The molecule has 0 spiro atoms. The van der Waals surface area contributed by atoms with E-state index in [-0.39, 0.29) is 5.75 Å². The number of halogens is 1. The maximum Gasteiger partial charge on any atom is 0.129 e. The monoisotopic (exact) mass is 238 g/mol. The number of hydrogen-bond acceptors (Lipinski definition) is 2. The Labute approximate surface area is 83.5 Å². The van der Waals surface area contributed by atoms with Crippen molar-refractivity contribution >= 4 is 15.9 Å². The molecule has 1 aromatic heterocycles. The Balaban J connectivity index is 2.49. The van der Waals surface area contributed by atoms with Crippen LogP contribution in [0.25, 0.3) is 11.1 Å². The van der Waals surface area contributed by atoms with Gasteiger partial charge < -0.3 is 5.11 Å². The van der Waals surface area contributed by atoms with Gasteiger partial charge in [0.2, 0.25) is 0 Å². The van der Waals surface area contributed by atoms with Crippen LogP contribution < -0.4 is 0 Å². The zero-order chi connectivity index (χ0) is 9.26. The summed E-state index contributed by atoms with van der Waals surface area (Å²) in [5.74, 6) is 0.243. The van der Waals surface area contributed by atoms with E-state index < -0.39 is 0 Å². The summed E-state index contributed by atoms with van der Waals surface area (Å²) in [6.45, 7) is 0. The SMILES string of the molecule is Oc1ccc(-c2cn[nH]c2)cc1Br. The fourth-order valence-corrected chi connectivity index (χ4v) is 1.47. The van der Waals surface area contributed by atoms with Crippen molar-refractivity contribution in [1.82, 2.24) is 10.2 Å². The zero-order valence-corrected chi connectivity index (χ0v) is 8.25. The van der Waals surface area contributed by atoms with E-state index in [1.807, 2.05) is 12.1 Å². The van der Waals surface area contributed by atoms with Crippen LogP contribution in [0.5, 0.6) is 5.75 Å². The Morgan fingerprint density at radius 2 is 2.15 bits per heavy atom. The standard InChI is InChI=1S/C9H7BrN2O/c10-8-3-6(1-2-9(8)13)7-4-11-12-5-7/h1-5,13H,(H,11,12). The third-order valence-corrected chi connectivity index (χ3v) is 2.41. The molecule has 0 bridgehead atoms. The first-order chi connectivity index (χ1) is 6.27. The predicted octanol–water partition coefficient (Wildman–Crippen LogP) is 2.54. The summed E-state index contributed by atoms with van der Waals surface area (Å²) in [4.78, 5) is 0. The van der Waals surface area contributed by atoms with Crippen molar-refractivity contribution in [1.29, 1.82) is 0 Å². The van der Waals surface area contributed by atoms with Gasteiger partial charge in [-0.15, -0.1) is 0 Å². The molecule has 1 heterocycles. The number of aromatic nitrogens is 2. The van der Waals surface area contributed by atoms with Gasteiger partial charge in [0, 0.05) is 11.8 Å². The third-order valence-electron chi connectivity index (χ3n) is 1.78. The number of H-pyrrole nitrogens is 1. The van der Waals surface area contributed by atoms with E-state index in [9.17, 15) is 5.11 Å². The van der Waals surface area contributed by atoms with E-state index in [1.165, 1.54) is 0 Å². The number of aromatic hydroxyl groups is 1. The molecule has 0 unspecified atom stereocenters. The minimum atomic E-state index is 0.243. The summed E-state index contributed by atoms with van der Waals surface area (Å²) >= 11 is 3.25. The van der Waals surface area contributed by atoms with Crippen molar-refractivity contribution in [3.63, 3.8) is 0 Å². The molecule has 4 heteroatoms. The van der Waals surface area contributed by atoms with Crippen molar-refractivity contribution in [3.05, 3.63) is 35.1 Å². The van der Waals surface area contributed by atoms with Gasteiger partial charge in [0.25, 0.3) is 0 Å². The van der Waals surface area contributed by atoms with Crippen LogP contribution in [0.4, 0.5) is 0 Å². The molecular formula is C9H7BrN2O. The van der Waals surface area contributed by atoms with Gasteiger partial charge in [0.05, 0.1) is 10.7 Å². The average Bonchev–Trinajstić information content (AvgIpc) is 2.62. The molecule has 1 aromatic carbocycles. The van der Waals surface area contributed by atoms with E-state index >= 15 is 0 Å². The lowest BCUT2D eigenvalue weighted by atomic mass is 10.1. The lowest BCUT2D eigenvalue weighted by Gasteiger charge is -1.99. The smallest absolute Gasteiger partial charge is 0.129 e. The average molecular weight is 239 g/mol. The van der Waals surface area contributed by atoms with Gasteiger partial charge in [-0.25, -0.2) is 0 Å². The Hall–Kier alpha value is -1.29. The normalized spacial score (nSPS) is 10.2. The maximum atomic E-state index is 9.27. The van der Waals surface area contributed by atoms with Crippen LogP contribution in [-0.2, 0) is 0 Å². The molecule has 2 rings (SSSR count). The van der Waals surface area contributed by atoms with E-state index in [4.69, 9.17) is 0 Å². The van der Waals surface area contributed by atoms with Crippen LogP contribution in [0.2, 0.25) is 0 Å². The molecule has 0 radical (unpaired) electrons. The highest BCUT2D eigenvalue weighted by atomic mass is 79.9. The molecule has 0 aliphatic heterocycles. The number of phenols is 1. The first-order valence-corrected chi connectivity index (χ1v) is 4.54. The molecule has 66 valence electrons. The fourth-order valence-electron chi connectivity index (χ4n) is 1.10. The van der Waals surface area contributed by atoms with Gasteiger partial charge in [-0.05, 0) is 33.6 Å². The minimum Gasteiger partial charge on any atom is -0.507 e. The molecule has 0 fully saturated rings. The molecule has 3 nitrogen and oxygen atoms in total. The fraction of sp³-hybridized carbons (Fsp3) is 0. The highest BCUT2D eigenvalue weighted by Gasteiger charge is 2.02. The van der Waals surface area contributed by atoms with Crippen molar-refractivity contribution < 1.29 is 5.11 Å². The molecule has 0 atom stereocenters. The van der Waals surface area contributed by atoms with Crippen molar-refractivity contribution in [2.24, 2.45) is 0 Å². The Morgan fingerprint density at radius 1 is 1.31 bits per heavy atom. The number of phenolic OH excluding ortho intramolecular Hbond substituents is 1. The third kappa shape index (κ3) is 1.58. The van der Waals surface area contributed by atoms with E-state index in [0.717, 1.165) is 11.1 Å². The van der Waals surface area contributed by atoms with Crippen molar-refractivity contribution in [3.8, 4) is 16.9 Å². The number of hydrogen-bond donors (Lipinski definition) is 2. The first kappa shape index (κ1) is 8.31. The number of aromatic amines is 1. The number of benzene rings is 1. The zero-order valence-electron chi connectivity index (χ0n) is 6.66. The summed E-state index contributed by atoms with van der Waals surface area (Å²) in [7, 11) is 0. The second-order valence-corrected chi connectivity index (χ2v) is 3.51. The summed E-state index contributed by atoms with van der Waals surface area (Å²) in [5.41, 5.74) is 2.01. The van der Waals surface area contributed by atoms with Gasteiger partial charge in [0.15, 0.2) is 0 Å². The molecule has 2 N–H and O–H groups in total. The number of nitrogens with one attached hydrogen (secondary N) is 1. The highest BCUT2D eigenvalue weighted by Crippen LogP contribution is 2.28. The summed E-state index contributed by atoms with van der Waals surface area (Å²) in [6, 6.07) is 5.33. The van der Waals surface area contributed by atoms with Crippen molar-refractivity contribution in [2.45, 2.75) is 0 Å². The highest BCUT2D eigenvalue weighted by molar-refractivity contribution is 9.10. The lowest BCUT2D eigenvalue weighted by molar-refractivity contribution is 0.472. The molecule has 0 saturated heterocycles. The molecule has 0 aliphatic carbocycles. The first-order valence-electron chi connectivity index (χ1n) is 3.75. The number of nitrogens with zero attached hydrogens (tertiary/aromatic N) is 1. The molecule has 0 saturated carbocycles. The van der Waals surface area contributed by atoms with Crippen LogP contribution in [0, 0.1) is 0 Å². The minimum absolute atomic E-state index is 0.243. The van der Waals surface area contributed by atoms with Crippen LogP contribution in [0.15, 0.2) is 35.1 Å². The van der Waals surface area contributed by atoms with Crippen molar-refractivity contribution in [2.75, 3.05) is 0 Å². The van der Waals surface area contributed by atoms with Crippen LogP contribution in [0.3, 0.4) is 0 Å². The second kappa shape index (κ2) is 3.22. The van der Waals surface area contributed by atoms with E-state index in [2.05, 4.69) is 26.1 Å². The largest absolute Gasteiger partial charge is 0.507 e. The molecule has 13 heavy (non-hydrogen) atoms. The second-order valence-electron chi connectivity index (χ2n) is 2.65. The van der Waals surface area contributed by atoms with Gasteiger partial charge in [-0.2, -0.15) is 5.10 Å². The topological polar surface area (TPSA) is 48.9 Å². The number of rotatable bonds is 1. The lowest BCUT2D eigenvalue weighted by Crippen LogP contribution is -1.74. The van der Waals surface area contributed by atoms with E-state index in [1.54, 1.807) is 18.5 Å². The summed E-state index contributed by atoms with van der Waals surface area (Å²) in [6.07, 6.45) is 3.54. The van der Waals surface area contributed by atoms with Gasteiger partial charge in [-0.3, -0.25) is 5.10 Å². The Bertz CT molecular complexity index is 412. The Kier molecular flexibility index (Phi) is 2.06. The van der Waals surface area contributed by atoms with Gasteiger partial charge in [-0.1, -0.05) is 6.07 Å². The van der Waals surface area contributed by atoms with Crippen LogP contribution in [-0.4, -0.2) is 15.3 Å². The molecule has 0 aliphatic rings. The maximum absolute atomic E-state index is 9.27. The molecule has 2 aromatic rings. The van der Waals surface area contributed by atoms with Gasteiger partial charge in [0.1, 0.15) is 5.75 Å². The van der Waals surface area contributed by atoms with E-state index in [0.29, 0.717) is 4.47 Å². The summed E-state index contributed by atoms with van der Waals surface area (Å²) in [5, 5.41) is 15.9. The Morgan fingerprint density at radius 3 is 2.77 bits per heavy atom. The van der Waals surface area contributed by atoms with Gasteiger partial charge >= 0.3 is 0 Å². The summed E-state index contributed by atoms with van der Waals surface area (Å²) < 4.78 is 0.686.